The Morgan fingerprint density at radius 2 is 1.81 bits per heavy atom. The Morgan fingerprint density at radius 1 is 1.14 bits per heavy atom. The van der Waals surface area contributed by atoms with Crippen molar-refractivity contribution in [3.63, 3.8) is 0 Å². The highest BCUT2D eigenvalue weighted by Gasteiger charge is 2.16. The molecular weight excluding hydrogens is 260 g/mol. The minimum atomic E-state index is 0.0616. The molecule has 2 atom stereocenters. The van der Waals surface area contributed by atoms with Crippen LogP contribution in [0.2, 0.25) is 0 Å². The highest BCUT2D eigenvalue weighted by atomic mass is 16.5. The van der Waals surface area contributed by atoms with E-state index in [4.69, 9.17) is 10.5 Å². The monoisotopic (exact) mass is 292 g/mol. The van der Waals surface area contributed by atoms with Gasteiger partial charge in [0.15, 0.2) is 0 Å². The van der Waals surface area contributed by atoms with Gasteiger partial charge in [0, 0.05) is 18.6 Å². The molecule has 0 aromatic heterocycles. The van der Waals surface area contributed by atoms with E-state index in [0.717, 1.165) is 18.8 Å². The molecule has 3 nitrogen and oxygen atoms in total. The van der Waals surface area contributed by atoms with Crippen molar-refractivity contribution in [3.8, 4) is 5.75 Å². The zero-order valence-corrected chi connectivity index (χ0v) is 14.1. The Kier molecular flexibility index (Phi) is 8.40. The first kappa shape index (κ1) is 18.0. The number of unbranched alkanes of at least 4 members (excludes halogenated alkanes) is 1. The van der Waals surface area contributed by atoms with Crippen molar-refractivity contribution in [2.75, 3.05) is 19.7 Å². The molecule has 0 aliphatic carbocycles. The molecule has 2 N–H and O–H groups in total. The second kappa shape index (κ2) is 9.80. The van der Waals surface area contributed by atoms with E-state index in [-0.39, 0.29) is 6.04 Å². The summed E-state index contributed by atoms with van der Waals surface area (Å²) in [6.45, 7) is 11.5. The van der Waals surface area contributed by atoms with Crippen molar-refractivity contribution >= 4 is 0 Å². The van der Waals surface area contributed by atoms with Crippen LogP contribution in [0, 0.1) is 0 Å². The molecule has 21 heavy (non-hydrogen) atoms. The van der Waals surface area contributed by atoms with Crippen LogP contribution in [0.4, 0.5) is 0 Å². The predicted octanol–water partition coefficient (Wildman–Crippen LogP) is 3.99. The smallest absolute Gasteiger partial charge is 0.119 e. The van der Waals surface area contributed by atoms with Gasteiger partial charge in [-0.3, -0.25) is 4.90 Å². The molecule has 0 spiro atoms. The highest BCUT2D eigenvalue weighted by Crippen LogP contribution is 2.19. The van der Waals surface area contributed by atoms with Crippen molar-refractivity contribution in [1.82, 2.24) is 4.90 Å². The van der Waals surface area contributed by atoms with Gasteiger partial charge in [-0.1, -0.05) is 32.4 Å². The van der Waals surface area contributed by atoms with E-state index in [1.807, 2.05) is 19.1 Å². The SMILES string of the molecule is CCCCN(CC(N)c1ccc(OCC)cc1)C(C)CC. The lowest BCUT2D eigenvalue weighted by Gasteiger charge is -2.31. The van der Waals surface area contributed by atoms with Crippen LogP contribution in [0.3, 0.4) is 0 Å². The Balaban J connectivity index is 2.64. The standard InChI is InChI=1S/C18H32N2O/c1-5-8-13-20(15(4)6-2)14-18(19)16-9-11-17(12-10-16)21-7-3/h9-12,15,18H,5-8,13-14,19H2,1-4H3. The molecule has 0 radical (unpaired) electrons. The first-order valence-electron chi connectivity index (χ1n) is 8.34. The Bertz CT molecular complexity index is 377. The van der Waals surface area contributed by atoms with Crippen LogP contribution in [0.25, 0.3) is 0 Å². The van der Waals surface area contributed by atoms with Crippen molar-refractivity contribution < 1.29 is 4.74 Å². The van der Waals surface area contributed by atoms with Crippen molar-refractivity contribution in [3.05, 3.63) is 29.8 Å². The maximum atomic E-state index is 6.40. The Hall–Kier alpha value is -1.06. The summed E-state index contributed by atoms with van der Waals surface area (Å²) >= 11 is 0. The summed E-state index contributed by atoms with van der Waals surface area (Å²) in [6, 6.07) is 8.85. The van der Waals surface area contributed by atoms with E-state index in [2.05, 4.69) is 37.8 Å². The van der Waals surface area contributed by atoms with Gasteiger partial charge in [0.1, 0.15) is 5.75 Å². The van der Waals surface area contributed by atoms with Gasteiger partial charge >= 0.3 is 0 Å². The second-order valence-corrected chi connectivity index (χ2v) is 5.71. The van der Waals surface area contributed by atoms with E-state index in [1.165, 1.54) is 24.8 Å². The molecule has 0 aliphatic heterocycles. The second-order valence-electron chi connectivity index (χ2n) is 5.71. The molecule has 2 unspecified atom stereocenters. The number of hydrogen-bond acceptors (Lipinski definition) is 3. The van der Waals surface area contributed by atoms with Crippen molar-refractivity contribution in [2.24, 2.45) is 5.73 Å². The summed E-state index contributed by atoms with van der Waals surface area (Å²) in [5, 5.41) is 0. The number of nitrogens with zero attached hydrogens (tertiary/aromatic N) is 1. The van der Waals surface area contributed by atoms with Gasteiger partial charge in [0.2, 0.25) is 0 Å². The fourth-order valence-electron chi connectivity index (χ4n) is 2.45. The van der Waals surface area contributed by atoms with E-state index in [9.17, 15) is 0 Å². The number of benzene rings is 1. The normalized spacial score (nSPS) is 14.2. The molecule has 0 heterocycles. The number of ether oxygens (including phenoxy) is 1. The third-order valence-electron chi connectivity index (χ3n) is 4.06. The molecule has 3 heteroatoms. The molecule has 1 rings (SSSR count). The molecule has 0 aliphatic rings. The average Bonchev–Trinajstić information content (AvgIpc) is 2.51. The fourth-order valence-corrected chi connectivity index (χ4v) is 2.45. The van der Waals surface area contributed by atoms with Crippen LogP contribution in [-0.4, -0.2) is 30.6 Å². The fraction of sp³-hybridized carbons (Fsp3) is 0.667. The summed E-state index contributed by atoms with van der Waals surface area (Å²) in [5.74, 6) is 0.915. The molecule has 0 saturated carbocycles. The van der Waals surface area contributed by atoms with Crippen molar-refractivity contribution in [1.29, 1.82) is 0 Å². The van der Waals surface area contributed by atoms with Crippen LogP contribution in [-0.2, 0) is 0 Å². The Morgan fingerprint density at radius 3 is 2.33 bits per heavy atom. The molecule has 1 aromatic carbocycles. The lowest BCUT2D eigenvalue weighted by Crippen LogP contribution is -2.39. The summed E-state index contributed by atoms with van der Waals surface area (Å²) in [7, 11) is 0. The van der Waals surface area contributed by atoms with Gasteiger partial charge in [-0.05, 0) is 50.9 Å². The van der Waals surface area contributed by atoms with Gasteiger partial charge in [-0.2, -0.15) is 0 Å². The van der Waals surface area contributed by atoms with Gasteiger partial charge in [-0.25, -0.2) is 0 Å². The van der Waals surface area contributed by atoms with Crippen LogP contribution in [0.15, 0.2) is 24.3 Å². The molecule has 120 valence electrons. The maximum Gasteiger partial charge on any atom is 0.119 e. The first-order valence-corrected chi connectivity index (χ1v) is 8.34. The average molecular weight is 292 g/mol. The minimum absolute atomic E-state index is 0.0616. The molecule has 1 aromatic rings. The first-order chi connectivity index (χ1) is 10.1. The van der Waals surface area contributed by atoms with Crippen molar-refractivity contribution in [2.45, 2.75) is 59.0 Å². The predicted molar refractivity (Wildman–Crippen MR) is 90.8 cm³/mol. The van der Waals surface area contributed by atoms with Gasteiger partial charge in [0.25, 0.3) is 0 Å². The van der Waals surface area contributed by atoms with Crippen LogP contribution in [0.5, 0.6) is 5.75 Å². The van der Waals surface area contributed by atoms with E-state index < -0.39 is 0 Å². The topological polar surface area (TPSA) is 38.5 Å². The lowest BCUT2D eigenvalue weighted by atomic mass is 10.1. The van der Waals surface area contributed by atoms with Gasteiger partial charge in [-0.15, -0.1) is 0 Å². The van der Waals surface area contributed by atoms with Crippen LogP contribution >= 0.6 is 0 Å². The molecular formula is C18H32N2O. The molecule has 0 fully saturated rings. The van der Waals surface area contributed by atoms with Gasteiger partial charge in [0.05, 0.1) is 6.61 Å². The lowest BCUT2D eigenvalue weighted by molar-refractivity contribution is 0.189. The van der Waals surface area contributed by atoms with Crippen LogP contribution in [0.1, 0.15) is 58.6 Å². The number of hydrogen-bond donors (Lipinski definition) is 1. The number of nitrogens with two attached hydrogens (primary N) is 1. The Labute approximate surface area is 130 Å². The van der Waals surface area contributed by atoms with Crippen LogP contribution < -0.4 is 10.5 Å². The summed E-state index contributed by atoms with van der Waals surface area (Å²) < 4.78 is 5.48. The highest BCUT2D eigenvalue weighted by molar-refractivity contribution is 5.29. The zero-order valence-electron chi connectivity index (χ0n) is 14.1. The summed E-state index contributed by atoms with van der Waals surface area (Å²) in [4.78, 5) is 2.52. The minimum Gasteiger partial charge on any atom is -0.494 e. The quantitative estimate of drug-likeness (QED) is 0.709. The molecule has 0 amide bonds. The number of rotatable bonds is 10. The van der Waals surface area contributed by atoms with E-state index in [0.29, 0.717) is 12.6 Å². The zero-order chi connectivity index (χ0) is 15.7. The summed E-state index contributed by atoms with van der Waals surface area (Å²) in [6.07, 6.45) is 3.63. The summed E-state index contributed by atoms with van der Waals surface area (Å²) in [5.41, 5.74) is 7.59. The maximum absolute atomic E-state index is 6.40. The molecule has 0 saturated heterocycles. The van der Waals surface area contributed by atoms with E-state index in [1.54, 1.807) is 0 Å². The van der Waals surface area contributed by atoms with E-state index >= 15 is 0 Å². The largest absolute Gasteiger partial charge is 0.494 e. The molecule has 0 bridgehead atoms. The van der Waals surface area contributed by atoms with Gasteiger partial charge < -0.3 is 10.5 Å². The third kappa shape index (κ3) is 6.06. The third-order valence-corrected chi connectivity index (χ3v) is 4.06.